The number of pyridine rings is 1. The van der Waals surface area contributed by atoms with Crippen LogP contribution in [0.25, 0.3) is 0 Å². The zero-order valence-electron chi connectivity index (χ0n) is 17.7. The quantitative estimate of drug-likeness (QED) is 0.516. The first-order chi connectivity index (χ1) is 14.8. The summed E-state index contributed by atoms with van der Waals surface area (Å²) < 4.78 is 41.2. The zero-order valence-corrected chi connectivity index (χ0v) is 17.7. The van der Waals surface area contributed by atoms with Crippen molar-refractivity contribution < 1.29 is 17.9 Å². The number of ether oxygens (including phenoxy) is 1. The number of rotatable bonds is 7. The maximum Gasteiger partial charge on any atom is 0.422 e. The van der Waals surface area contributed by atoms with E-state index in [2.05, 4.69) is 61.4 Å². The number of halogens is 3. The summed E-state index contributed by atoms with van der Waals surface area (Å²) in [5.41, 5.74) is 2.11. The molecule has 6 nitrogen and oxygen atoms in total. The number of aromatic nitrogens is 1. The topological polar surface area (TPSA) is 61.8 Å². The van der Waals surface area contributed by atoms with Crippen LogP contribution in [0.15, 0.2) is 53.7 Å². The molecule has 0 radical (unpaired) electrons. The van der Waals surface area contributed by atoms with Crippen LogP contribution in [0.1, 0.15) is 24.5 Å². The molecule has 0 bridgehead atoms. The van der Waals surface area contributed by atoms with E-state index in [0.717, 1.165) is 25.1 Å². The highest BCUT2D eigenvalue weighted by molar-refractivity contribution is 5.80. The SMILES string of the molecule is CN=C(NCc1ccc(OCC(F)(F)F)nc1)NC1CC(C)N(Cc2ccccc2)C1. The lowest BCUT2D eigenvalue weighted by Crippen LogP contribution is -2.44. The fraction of sp³-hybridized carbons (Fsp3) is 0.455. The lowest BCUT2D eigenvalue weighted by molar-refractivity contribution is -0.154. The molecule has 1 aromatic carbocycles. The molecule has 168 valence electrons. The summed E-state index contributed by atoms with van der Waals surface area (Å²) >= 11 is 0. The smallest absolute Gasteiger partial charge is 0.422 e. The van der Waals surface area contributed by atoms with Crippen molar-refractivity contribution in [1.29, 1.82) is 0 Å². The van der Waals surface area contributed by atoms with Crippen LogP contribution < -0.4 is 15.4 Å². The molecule has 1 fully saturated rings. The molecule has 1 aliphatic rings. The van der Waals surface area contributed by atoms with Gasteiger partial charge in [-0.25, -0.2) is 4.98 Å². The Morgan fingerprint density at radius 2 is 1.97 bits per heavy atom. The third kappa shape index (κ3) is 7.43. The molecule has 2 atom stereocenters. The van der Waals surface area contributed by atoms with E-state index in [0.29, 0.717) is 18.5 Å². The molecule has 2 unspecified atom stereocenters. The number of hydrogen-bond acceptors (Lipinski definition) is 4. The Labute approximate surface area is 180 Å². The van der Waals surface area contributed by atoms with Crippen LogP contribution in [0, 0.1) is 0 Å². The third-order valence-electron chi connectivity index (χ3n) is 5.14. The molecule has 3 rings (SSSR count). The van der Waals surface area contributed by atoms with Crippen molar-refractivity contribution in [3.05, 3.63) is 59.8 Å². The van der Waals surface area contributed by atoms with Crippen LogP contribution in [0.4, 0.5) is 13.2 Å². The van der Waals surface area contributed by atoms with E-state index in [4.69, 9.17) is 0 Å². The lowest BCUT2D eigenvalue weighted by Gasteiger charge is -2.21. The molecular weight excluding hydrogens is 407 g/mol. The van der Waals surface area contributed by atoms with Crippen LogP contribution >= 0.6 is 0 Å². The maximum absolute atomic E-state index is 12.2. The summed E-state index contributed by atoms with van der Waals surface area (Å²) in [7, 11) is 1.71. The van der Waals surface area contributed by atoms with Gasteiger partial charge in [0.15, 0.2) is 12.6 Å². The Balaban J connectivity index is 1.45. The molecular formula is C22H28F3N5O. The van der Waals surface area contributed by atoms with E-state index in [-0.39, 0.29) is 11.9 Å². The van der Waals surface area contributed by atoms with Crippen molar-refractivity contribution in [2.45, 2.75) is 44.7 Å². The van der Waals surface area contributed by atoms with E-state index in [1.165, 1.54) is 17.8 Å². The Bertz CT molecular complexity index is 842. The Kier molecular flexibility index (Phi) is 7.73. The standard InChI is InChI=1S/C22H28F3N5O/c1-16-10-19(14-30(16)13-17-6-4-3-5-7-17)29-21(26-2)28-12-18-8-9-20(27-11-18)31-15-22(23,24)25/h3-9,11,16,19H,10,12-15H2,1-2H3,(H2,26,28,29). The second-order valence-electron chi connectivity index (χ2n) is 7.68. The van der Waals surface area contributed by atoms with Gasteiger partial charge < -0.3 is 15.4 Å². The number of nitrogens with zero attached hydrogens (tertiary/aromatic N) is 3. The largest absolute Gasteiger partial charge is 0.468 e. The van der Waals surface area contributed by atoms with Crippen molar-refractivity contribution in [3.63, 3.8) is 0 Å². The maximum atomic E-state index is 12.2. The normalized spacial score (nSPS) is 20.0. The Morgan fingerprint density at radius 3 is 2.61 bits per heavy atom. The molecule has 9 heteroatoms. The summed E-state index contributed by atoms with van der Waals surface area (Å²) in [5.74, 6) is 0.623. The van der Waals surface area contributed by atoms with Gasteiger partial charge in [-0.15, -0.1) is 0 Å². The predicted molar refractivity (Wildman–Crippen MR) is 114 cm³/mol. The average Bonchev–Trinajstić information content (AvgIpc) is 3.09. The number of likely N-dealkylation sites (tertiary alicyclic amines) is 1. The van der Waals surface area contributed by atoms with Crippen LogP contribution in [-0.2, 0) is 13.1 Å². The Hall–Kier alpha value is -2.81. The molecule has 2 N–H and O–H groups in total. The highest BCUT2D eigenvalue weighted by Crippen LogP contribution is 2.20. The van der Waals surface area contributed by atoms with Crippen molar-refractivity contribution in [2.75, 3.05) is 20.2 Å². The minimum atomic E-state index is -4.38. The number of aliphatic imine (C=N–C) groups is 1. The van der Waals surface area contributed by atoms with Crippen LogP contribution in [0.5, 0.6) is 5.88 Å². The van der Waals surface area contributed by atoms with E-state index in [1.807, 2.05) is 6.07 Å². The second-order valence-corrected chi connectivity index (χ2v) is 7.68. The second kappa shape index (κ2) is 10.5. The summed E-state index contributed by atoms with van der Waals surface area (Å²) in [5, 5.41) is 6.68. The van der Waals surface area contributed by atoms with Gasteiger partial charge in [0.2, 0.25) is 5.88 Å². The first-order valence-electron chi connectivity index (χ1n) is 10.2. The Morgan fingerprint density at radius 1 is 1.19 bits per heavy atom. The first kappa shape index (κ1) is 22.9. The fourth-order valence-electron chi connectivity index (χ4n) is 3.57. The van der Waals surface area contributed by atoms with E-state index in [1.54, 1.807) is 13.1 Å². The van der Waals surface area contributed by atoms with Gasteiger partial charge in [0.25, 0.3) is 0 Å². The summed E-state index contributed by atoms with van der Waals surface area (Å²) in [6.45, 7) is 3.16. The third-order valence-corrected chi connectivity index (χ3v) is 5.14. The van der Waals surface area contributed by atoms with Crippen molar-refractivity contribution in [3.8, 4) is 5.88 Å². The number of hydrogen-bond donors (Lipinski definition) is 2. The highest BCUT2D eigenvalue weighted by Gasteiger charge is 2.30. The van der Waals surface area contributed by atoms with Gasteiger partial charge in [0.1, 0.15) is 0 Å². The first-order valence-corrected chi connectivity index (χ1v) is 10.2. The molecule has 0 spiro atoms. The summed E-state index contributed by atoms with van der Waals surface area (Å²) in [4.78, 5) is 10.6. The number of guanidine groups is 1. The number of alkyl halides is 3. The minimum Gasteiger partial charge on any atom is -0.468 e. The predicted octanol–water partition coefficient (Wildman–Crippen LogP) is 3.35. The lowest BCUT2D eigenvalue weighted by atomic mass is 10.2. The molecule has 0 amide bonds. The molecule has 1 aliphatic heterocycles. The van der Waals surface area contributed by atoms with Crippen molar-refractivity contribution in [1.82, 2.24) is 20.5 Å². The molecule has 31 heavy (non-hydrogen) atoms. The summed E-state index contributed by atoms with van der Waals surface area (Å²) in [6, 6.07) is 14.3. The molecule has 0 saturated carbocycles. The summed E-state index contributed by atoms with van der Waals surface area (Å²) in [6.07, 6.45) is -1.87. The molecule has 2 aromatic rings. The van der Waals surface area contributed by atoms with Gasteiger partial charge >= 0.3 is 6.18 Å². The van der Waals surface area contributed by atoms with Crippen molar-refractivity contribution >= 4 is 5.96 Å². The molecule has 0 aliphatic carbocycles. The average molecular weight is 435 g/mol. The zero-order chi connectivity index (χ0) is 22.3. The molecule has 1 aromatic heterocycles. The molecule has 2 heterocycles. The van der Waals surface area contributed by atoms with Gasteiger partial charge in [0, 0.05) is 51.0 Å². The van der Waals surface area contributed by atoms with E-state index in [9.17, 15) is 13.2 Å². The molecule has 1 saturated heterocycles. The van der Waals surface area contributed by atoms with Crippen molar-refractivity contribution in [2.24, 2.45) is 4.99 Å². The van der Waals surface area contributed by atoms with Gasteiger partial charge in [-0.2, -0.15) is 13.2 Å². The number of nitrogens with one attached hydrogen (secondary N) is 2. The van der Waals surface area contributed by atoms with E-state index >= 15 is 0 Å². The van der Waals surface area contributed by atoms with Crippen LogP contribution in [-0.4, -0.2) is 54.3 Å². The van der Waals surface area contributed by atoms with Gasteiger partial charge in [0.05, 0.1) is 0 Å². The monoisotopic (exact) mass is 435 g/mol. The van der Waals surface area contributed by atoms with Crippen LogP contribution in [0.3, 0.4) is 0 Å². The van der Waals surface area contributed by atoms with Gasteiger partial charge in [-0.1, -0.05) is 36.4 Å². The highest BCUT2D eigenvalue weighted by atomic mass is 19.4. The number of benzene rings is 1. The van der Waals surface area contributed by atoms with Crippen LogP contribution in [0.2, 0.25) is 0 Å². The van der Waals surface area contributed by atoms with Gasteiger partial charge in [-0.05, 0) is 24.5 Å². The fourth-order valence-corrected chi connectivity index (χ4v) is 3.57. The minimum absolute atomic E-state index is 0.0537. The van der Waals surface area contributed by atoms with Gasteiger partial charge in [-0.3, -0.25) is 9.89 Å². The van der Waals surface area contributed by atoms with E-state index < -0.39 is 12.8 Å².